The number of amides is 1. The number of carbonyl (C=O) groups is 1. The van der Waals surface area contributed by atoms with Crippen molar-refractivity contribution in [1.82, 2.24) is 15.3 Å². The van der Waals surface area contributed by atoms with E-state index in [9.17, 15) is 13.6 Å². The maximum Gasteiger partial charge on any atom is 0.270 e. The number of hydrogen-bond acceptors (Lipinski definition) is 4. The van der Waals surface area contributed by atoms with Gasteiger partial charge in [0.25, 0.3) is 5.91 Å². The Morgan fingerprint density at radius 2 is 1.71 bits per heavy atom. The van der Waals surface area contributed by atoms with Crippen molar-refractivity contribution in [3.63, 3.8) is 0 Å². The van der Waals surface area contributed by atoms with Crippen LogP contribution < -0.4 is 10.6 Å². The number of carbonyl (C=O) groups excluding carboxylic acids is 1. The normalized spacial score (nSPS) is 10.5. The van der Waals surface area contributed by atoms with E-state index in [0.717, 1.165) is 5.56 Å². The van der Waals surface area contributed by atoms with Crippen LogP contribution in [0.1, 0.15) is 21.6 Å². The van der Waals surface area contributed by atoms with Crippen LogP contribution in [0, 0.1) is 11.6 Å². The lowest BCUT2D eigenvalue weighted by molar-refractivity contribution is 0.0949. The molecule has 0 bridgehead atoms. The van der Waals surface area contributed by atoms with Crippen molar-refractivity contribution < 1.29 is 13.6 Å². The molecule has 0 spiro atoms. The summed E-state index contributed by atoms with van der Waals surface area (Å²) in [6, 6.07) is 14.3. The fraction of sp³-hybridized carbons (Fsp3) is 0.190. The first-order valence-electron chi connectivity index (χ1n) is 8.95. The zero-order valence-electron chi connectivity index (χ0n) is 15.2. The molecule has 144 valence electrons. The molecule has 3 aromatic rings. The Balaban J connectivity index is 1.48. The zero-order valence-corrected chi connectivity index (χ0v) is 15.2. The molecule has 0 saturated heterocycles. The summed E-state index contributed by atoms with van der Waals surface area (Å²) in [5.41, 5.74) is 1.76. The quantitative estimate of drug-likeness (QED) is 0.627. The van der Waals surface area contributed by atoms with E-state index in [1.165, 1.54) is 30.5 Å². The van der Waals surface area contributed by atoms with E-state index < -0.39 is 0 Å². The molecule has 3 rings (SSSR count). The first-order chi connectivity index (χ1) is 13.6. The summed E-state index contributed by atoms with van der Waals surface area (Å²) in [6.45, 7) is 0.848. The topological polar surface area (TPSA) is 66.9 Å². The van der Waals surface area contributed by atoms with Gasteiger partial charge in [-0.2, -0.15) is 0 Å². The Morgan fingerprint density at radius 3 is 2.50 bits per heavy atom. The molecule has 0 atom stereocenters. The predicted molar refractivity (Wildman–Crippen MR) is 103 cm³/mol. The molecule has 2 N–H and O–H groups in total. The number of nitrogens with one attached hydrogen (secondary N) is 2. The summed E-state index contributed by atoms with van der Waals surface area (Å²) in [6.07, 6.45) is 2.56. The molecule has 0 saturated carbocycles. The second kappa shape index (κ2) is 9.55. The number of anilines is 1. The highest BCUT2D eigenvalue weighted by Crippen LogP contribution is 2.07. The molecule has 0 unspecified atom stereocenters. The van der Waals surface area contributed by atoms with E-state index in [-0.39, 0.29) is 23.2 Å². The van der Waals surface area contributed by atoms with Gasteiger partial charge in [0, 0.05) is 19.3 Å². The van der Waals surface area contributed by atoms with Crippen LogP contribution in [0.2, 0.25) is 0 Å². The van der Waals surface area contributed by atoms with Gasteiger partial charge in [-0.3, -0.25) is 4.79 Å². The third-order valence-corrected chi connectivity index (χ3v) is 4.14. The molecule has 7 heteroatoms. The van der Waals surface area contributed by atoms with Crippen LogP contribution in [0.15, 0.2) is 60.8 Å². The molecule has 0 fully saturated rings. The van der Waals surface area contributed by atoms with Crippen LogP contribution in [0.4, 0.5) is 14.7 Å². The highest BCUT2D eigenvalue weighted by molar-refractivity contribution is 5.92. The second-order valence-corrected chi connectivity index (χ2v) is 6.17. The summed E-state index contributed by atoms with van der Waals surface area (Å²) < 4.78 is 26.5. The van der Waals surface area contributed by atoms with Gasteiger partial charge in [0.1, 0.15) is 17.3 Å². The smallest absolute Gasteiger partial charge is 0.270 e. The van der Waals surface area contributed by atoms with E-state index in [1.807, 2.05) is 0 Å². The van der Waals surface area contributed by atoms with Crippen LogP contribution in [-0.4, -0.2) is 29.0 Å². The predicted octanol–water partition coefficient (Wildman–Crippen LogP) is 3.38. The van der Waals surface area contributed by atoms with Crippen molar-refractivity contribution in [2.45, 2.75) is 12.8 Å². The number of benzene rings is 2. The van der Waals surface area contributed by atoms with Crippen molar-refractivity contribution in [3.05, 3.63) is 89.2 Å². The van der Waals surface area contributed by atoms with Crippen LogP contribution in [0.25, 0.3) is 0 Å². The van der Waals surface area contributed by atoms with Gasteiger partial charge in [-0.1, -0.05) is 30.3 Å². The Hall–Kier alpha value is -3.35. The number of rotatable bonds is 8. The molecule has 1 aromatic heterocycles. The van der Waals surface area contributed by atoms with E-state index in [2.05, 4.69) is 20.6 Å². The summed E-state index contributed by atoms with van der Waals surface area (Å²) in [7, 11) is 0. The maximum atomic E-state index is 13.6. The lowest BCUT2D eigenvalue weighted by Gasteiger charge is -2.08. The van der Waals surface area contributed by atoms with Crippen molar-refractivity contribution in [3.8, 4) is 0 Å². The Kier molecular flexibility index (Phi) is 6.62. The second-order valence-electron chi connectivity index (χ2n) is 6.17. The van der Waals surface area contributed by atoms with Crippen molar-refractivity contribution in [2.24, 2.45) is 0 Å². The molecule has 2 aromatic carbocycles. The third-order valence-electron chi connectivity index (χ3n) is 4.14. The van der Waals surface area contributed by atoms with Crippen LogP contribution in [0.5, 0.6) is 0 Å². The highest BCUT2D eigenvalue weighted by Gasteiger charge is 2.09. The van der Waals surface area contributed by atoms with Crippen molar-refractivity contribution >= 4 is 11.9 Å². The van der Waals surface area contributed by atoms with E-state index in [0.29, 0.717) is 37.4 Å². The summed E-state index contributed by atoms with van der Waals surface area (Å²) in [5.74, 6) is -0.565. The molecular weight excluding hydrogens is 362 g/mol. The van der Waals surface area contributed by atoms with Crippen LogP contribution >= 0.6 is 0 Å². The van der Waals surface area contributed by atoms with Gasteiger partial charge >= 0.3 is 0 Å². The van der Waals surface area contributed by atoms with Gasteiger partial charge in [-0.25, -0.2) is 18.7 Å². The highest BCUT2D eigenvalue weighted by atomic mass is 19.1. The molecule has 0 aliphatic rings. The Labute approximate surface area is 161 Å². The molecule has 0 radical (unpaired) electrons. The SMILES string of the molecule is O=C(NCCc1ccccc1F)c1ccnc(NCCc2ccc(F)cc2)n1. The minimum Gasteiger partial charge on any atom is -0.354 e. The fourth-order valence-electron chi connectivity index (χ4n) is 2.64. The number of nitrogens with zero attached hydrogens (tertiary/aromatic N) is 2. The maximum absolute atomic E-state index is 13.6. The Bertz CT molecular complexity index is 932. The van der Waals surface area contributed by atoms with Gasteiger partial charge in [0.2, 0.25) is 5.95 Å². The van der Waals surface area contributed by atoms with Crippen LogP contribution in [-0.2, 0) is 12.8 Å². The lowest BCUT2D eigenvalue weighted by atomic mass is 10.1. The van der Waals surface area contributed by atoms with Gasteiger partial charge in [-0.15, -0.1) is 0 Å². The van der Waals surface area contributed by atoms with Gasteiger partial charge in [-0.05, 0) is 48.2 Å². The van der Waals surface area contributed by atoms with Gasteiger partial charge in [0.05, 0.1) is 0 Å². The minimum atomic E-state index is -0.347. The standard InChI is InChI=1S/C21H20F2N4O/c22-17-7-5-15(6-8-17)9-12-25-21-26-14-11-19(27-21)20(28)24-13-10-16-3-1-2-4-18(16)23/h1-8,11,14H,9-10,12-13H2,(H,24,28)(H,25,26,27). The van der Waals surface area contributed by atoms with Crippen molar-refractivity contribution in [1.29, 1.82) is 0 Å². The summed E-state index contributed by atoms with van der Waals surface area (Å²) in [4.78, 5) is 20.5. The van der Waals surface area contributed by atoms with E-state index in [4.69, 9.17) is 0 Å². The number of aromatic nitrogens is 2. The minimum absolute atomic E-state index is 0.229. The number of halogens is 2. The molecule has 28 heavy (non-hydrogen) atoms. The summed E-state index contributed by atoms with van der Waals surface area (Å²) in [5, 5.41) is 5.78. The van der Waals surface area contributed by atoms with Gasteiger partial charge in [0.15, 0.2) is 0 Å². The van der Waals surface area contributed by atoms with Gasteiger partial charge < -0.3 is 10.6 Å². The zero-order chi connectivity index (χ0) is 19.8. The van der Waals surface area contributed by atoms with Crippen LogP contribution in [0.3, 0.4) is 0 Å². The molecule has 0 aliphatic carbocycles. The first-order valence-corrected chi connectivity index (χ1v) is 8.95. The summed E-state index contributed by atoms with van der Waals surface area (Å²) >= 11 is 0. The molecule has 0 aliphatic heterocycles. The molecule has 1 amide bonds. The Morgan fingerprint density at radius 1 is 0.929 bits per heavy atom. The average Bonchev–Trinajstić information content (AvgIpc) is 2.71. The fourth-order valence-corrected chi connectivity index (χ4v) is 2.64. The van der Waals surface area contributed by atoms with E-state index in [1.54, 1.807) is 30.3 Å². The largest absolute Gasteiger partial charge is 0.354 e. The lowest BCUT2D eigenvalue weighted by Crippen LogP contribution is -2.27. The monoisotopic (exact) mass is 382 g/mol. The van der Waals surface area contributed by atoms with E-state index >= 15 is 0 Å². The number of hydrogen-bond donors (Lipinski definition) is 2. The van der Waals surface area contributed by atoms with Crippen molar-refractivity contribution in [2.75, 3.05) is 18.4 Å². The first kappa shape index (κ1) is 19.4. The average molecular weight is 382 g/mol. The molecular formula is C21H20F2N4O. The third kappa shape index (κ3) is 5.57. The molecule has 5 nitrogen and oxygen atoms in total. The molecule has 1 heterocycles.